The summed E-state index contributed by atoms with van der Waals surface area (Å²) < 4.78 is 0. The number of nitrogens with one attached hydrogen (secondary N) is 1. The summed E-state index contributed by atoms with van der Waals surface area (Å²) in [5.41, 5.74) is 2.35. The van der Waals surface area contributed by atoms with Crippen molar-refractivity contribution in [1.29, 1.82) is 0 Å². The Bertz CT molecular complexity index is 1050. The van der Waals surface area contributed by atoms with Gasteiger partial charge < -0.3 is 15.1 Å². The third kappa shape index (κ3) is 3.94. The third-order valence-electron chi connectivity index (χ3n) is 5.03. The number of carbonyl (C=O) groups is 3. The first-order valence-corrected chi connectivity index (χ1v) is 9.39. The fraction of sp³-hybridized carbons (Fsp3) is 0.182. The predicted molar refractivity (Wildman–Crippen MR) is 110 cm³/mol. The summed E-state index contributed by atoms with van der Waals surface area (Å²) in [6, 6.07) is 16.0. The molecule has 2 aromatic carbocycles. The van der Waals surface area contributed by atoms with Crippen molar-refractivity contribution in [1.82, 2.24) is 14.8 Å². The molecule has 1 aliphatic heterocycles. The smallest absolute Gasteiger partial charge is 0.255 e. The number of carbonyl (C=O) groups excluding carboxylic acids is 3. The van der Waals surface area contributed by atoms with Gasteiger partial charge in [-0.25, -0.2) is 0 Å². The van der Waals surface area contributed by atoms with Crippen LogP contribution in [0.25, 0.3) is 10.9 Å². The molecule has 1 fully saturated rings. The summed E-state index contributed by atoms with van der Waals surface area (Å²) >= 11 is 0. The maximum Gasteiger partial charge on any atom is 0.255 e. The first-order chi connectivity index (χ1) is 14.2. The average molecular weight is 388 g/mol. The van der Waals surface area contributed by atoms with Gasteiger partial charge in [-0.1, -0.05) is 18.2 Å². The van der Waals surface area contributed by atoms with Gasteiger partial charge in [0.2, 0.25) is 6.41 Å². The highest BCUT2D eigenvalue weighted by atomic mass is 16.2. The lowest BCUT2D eigenvalue weighted by atomic mass is 10.1. The molecule has 0 aliphatic carbocycles. The van der Waals surface area contributed by atoms with E-state index in [1.165, 1.54) is 0 Å². The van der Waals surface area contributed by atoms with E-state index in [0.717, 1.165) is 17.3 Å². The summed E-state index contributed by atoms with van der Waals surface area (Å²) in [6.07, 6.45) is 2.49. The van der Waals surface area contributed by atoms with Gasteiger partial charge >= 0.3 is 0 Å². The van der Waals surface area contributed by atoms with Crippen LogP contribution in [0.4, 0.5) is 5.69 Å². The molecule has 0 bridgehead atoms. The van der Waals surface area contributed by atoms with Crippen LogP contribution in [0.5, 0.6) is 0 Å². The molecule has 29 heavy (non-hydrogen) atoms. The first kappa shape index (κ1) is 18.6. The van der Waals surface area contributed by atoms with Gasteiger partial charge in [0.25, 0.3) is 11.8 Å². The number of fused-ring (bicyclic) bond motifs is 1. The molecule has 0 atom stereocenters. The van der Waals surface area contributed by atoms with E-state index in [-0.39, 0.29) is 11.8 Å². The highest BCUT2D eigenvalue weighted by Gasteiger charge is 2.21. The van der Waals surface area contributed by atoms with E-state index < -0.39 is 0 Å². The minimum absolute atomic E-state index is 0.0965. The van der Waals surface area contributed by atoms with E-state index in [2.05, 4.69) is 10.3 Å². The Labute approximate surface area is 167 Å². The van der Waals surface area contributed by atoms with Crippen LogP contribution < -0.4 is 5.32 Å². The molecule has 3 amide bonds. The zero-order valence-corrected chi connectivity index (χ0v) is 15.7. The number of aromatic nitrogens is 1. The van der Waals surface area contributed by atoms with Crippen molar-refractivity contribution in [3.8, 4) is 0 Å². The van der Waals surface area contributed by atoms with Crippen molar-refractivity contribution in [2.75, 3.05) is 31.5 Å². The molecule has 7 heteroatoms. The number of hydrogen-bond donors (Lipinski definition) is 1. The molecule has 0 unspecified atom stereocenters. The van der Waals surface area contributed by atoms with Crippen LogP contribution in [0.15, 0.2) is 60.8 Å². The largest absolute Gasteiger partial charge is 0.342 e. The summed E-state index contributed by atoms with van der Waals surface area (Å²) in [5.74, 6) is -0.359. The molecule has 1 saturated heterocycles. The van der Waals surface area contributed by atoms with Gasteiger partial charge in [-0.15, -0.1) is 0 Å². The van der Waals surface area contributed by atoms with Crippen molar-refractivity contribution in [2.24, 2.45) is 0 Å². The van der Waals surface area contributed by atoms with E-state index in [4.69, 9.17) is 0 Å². The van der Waals surface area contributed by atoms with Gasteiger partial charge in [-0.2, -0.15) is 0 Å². The van der Waals surface area contributed by atoms with Crippen LogP contribution >= 0.6 is 0 Å². The third-order valence-corrected chi connectivity index (χ3v) is 5.03. The summed E-state index contributed by atoms with van der Waals surface area (Å²) in [5, 5.41) is 3.83. The lowest BCUT2D eigenvalue weighted by Gasteiger charge is -2.32. The van der Waals surface area contributed by atoms with Crippen LogP contribution in [0.1, 0.15) is 20.7 Å². The number of rotatable bonds is 4. The van der Waals surface area contributed by atoms with Gasteiger partial charge in [0, 0.05) is 48.9 Å². The lowest BCUT2D eigenvalue weighted by Crippen LogP contribution is -2.48. The Morgan fingerprint density at radius 3 is 2.31 bits per heavy atom. The van der Waals surface area contributed by atoms with E-state index >= 15 is 0 Å². The van der Waals surface area contributed by atoms with Crippen LogP contribution in [0, 0.1) is 0 Å². The van der Waals surface area contributed by atoms with E-state index in [0.29, 0.717) is 43.0 Å². The quantitative estimate of drug-likeness (QED) is 0.696. The molecule has 1 aromatic heterocycles. The Morgan fingerprint density at radius 1 is 0.897 bits per heavy atom. The fourth-order valence-corrected chi connectivity index (χ4v) is 3.38. The first-order valence-electron chi connectivity index (χ1n) is 9.39. The molecule has 3 aromatic rings. The zero-order chi connectivity index (χ0) is 20.2. The topological polar surface area (TPSA) is 82.6 Å². The molecule has 4 rings (SSSR count). The van der Waals surface area contributed by atoms with Crippen molar-refractivity contribution >= 4 is 34.8 Å². The number of hydrogen-bond acceptors (Lipinski definition) is 4. The Hall–Kier alpha value is -3.74. The SMILES string of the molecule is O=CN1CCN(C(=O)c2ccc(C(=O)Nc3cccc4cccnc34)cc2)CC1. The average Bonchev–Trinajstić information content (AvgIpc) is 2.79. The number of nitrogens with zero attached hydrogens (tertiary/aromatic N) is 3. The maximum atomic E-state index is 12.6. The molecule has 2 heterocycles. The van der Waals surface area contributed by atoms with Crippen LogP contribution in [0.2, 0.25) is 0 Å². The second-order valence-corrected chi connectivity index (χ2v) is 6.85. The van der Waals surface area contributed by atoms with Crippen molar-refractivity contribution in [3.05, 3.63) is 71.9 Å². The number of anilines is 1. The van der Waals surface area contributed by atoms with Crippen molar-refractivity contribution < 1.29 is 14.4 Å². The van der Waals surface area contributed by atoms with E-state index in [1.807, 2.05) is 30.3 Å². The predicted octanol–water partition coefficient (Wildman–Crippen LogP) is 2.40. The van der Waals surface area contributed by atoms with Crippen molar-refractivity contribution in [3.63, 3.8) is 0 Å². The summed E-state index contributed by atoms with van der Waals surface area (Å²) in [6.45, 7) is 2.09. The van der Waals surface area contributed by atoms with Crippen LogP contribution in [0.3, 0.4) is 0 Å². The number of pyridine rings is 1. The standard InChI is InChI=1S/C22H20N4O3/c27-15-25-11-13-26(14-12-25)22(29)18-8-6-17(7-9-18)21(28)24-19-5-1-3-16-4-2-10-23-20(16)19/h1-10,15H,11-14H2,(H,24,28). The fourth-order valence-electron chi connectivity index (χ4n) is 3.38. The Balaban J connectivity index is 1.45. The normalized spacial score (nSPS) is 13.9. The minimum atomic E-state index is -0.262. The Kier molecular flexibility index (Phi) is 5.20. The van der Waals surface area contributed by atoms with Gasteiger partial charge in [-0.3, -0.25) is 19.4 Å². The number of amides is 3. The molecule has 1 N–H and O–H groups in total. The molecule has 146 valence electrons. The number of piperazine rings is 1. The minimum Gasteiger partial charge on any atom is -0.342 e. The van der Waals surface area contributed by atoms with Gasteiger partial charge in [0.1, 0.15) is 0 Å². The molecule has 7 nitrogen and oxygen atoms in total. The molecular formula is C22H20N4O3. The number of para-hydroxylation sites is 1. The Morgan fingerprint density at radius 2 is 1.59 bits per heavy atom. The highest BCUT2D eigenvalue weighted by Crippen LogP contribution is 2.21. The lowest BCUT2D eigenvalue weighted by molar-refractivity contribution is -0.119. The molecule has 1 aliphatic rings. The second-order valence-electron chi connectivity index (χ2n) is 6.85. The van der Waals surface area contributed by atoms with Crippen LogP contribution in [-0.4, -0.2) is 59.2 Å². The monoisotopic (exact) mass is 388 g/mol. The summed E-state index contributed by atoms with van der Waals surface area (Å²) in [7, 11) is 0. The highest BCUT2D eigenvalue weighted by molar-refractivity contribution is 6.08. The van der Waals surface area contributed by atoms with Gasteiger partial charge in [0.15, 0.2) is 0 Å². The second kappa shape index (κ2) is 8.10. The maximum absolute atomic E-state index is 12.6. The molecule has 0 saturated carbocycles. The van der Waals surface area contributed by atoms with Gasteiger partial charge in [-0.05, 0) is 36.4 Å². The van der Waals surface area contributed by atoms with Crippen LogP contribution in [-0.2, 0) is 4.79 Å². The molecule has 0 spiro atoms. The van der Waals surface area contributed by atoms with Gasteiger partial charge in [0.05, 0.1) is 11.2 Å². The van der Waals surface area contributed by atoms with E-state index in [9.17, 15) is 14.4 Å². The molecule has 0 radical (unpaired) electrons. The van der Waals surface area contributed by atoms with Crippen molar-refractivity contribution in [2.45, 2.75) is 0 Å². The zero-order valence-electron chi connectivity index (χ0n) is 15.7. The number of benzene rings is 2. The molecular weight excluding hydrogens is 368 g/mol. The van der Waals surface area contributed by atoms with E-state index in [1.54, 1.807) is 40.3 Å². The summed E-state index contributed by atoms with van der Waals surface area (Å²) in [4.78, 5) is 43.8.